The number of benzene rings is 2. The molecule has 1 N–H and O–H groups in total. The van der Waals surface area contributed by atoms with E-state index < -0.39 is 5.76 Å². The number of fused-ring (bicyclic) bond motifs is 1. The molecule has 0 bridgehead atoms. The molecule has 0 aliphatic carbocycles. The summed E-state index contributed by atoms with van der Waals surface area (Å²) in [7, 11) is 0. The largest absolute Gasteiger partial charge is 0.417 e. The summed E-state index contributed by atoms with van der Waals surface area (Å²) in [5, 5.41) is 0. The second-order valence-corrected chi connectivity index (χ2v) is 7.23. The minimum absolute atomic E-state index is 0.214. The quantitative estimate of drug-likeness (QED) is 0.740. The van der Waals surface area contributed by atoms with Gasteiger partial charge < -0.3 is 14.2 Å². The number of amides is 1. The molecule has 1 amide bonds. The van der Waals surface area contributed by atoms with Crippen LogP contribution in [0.1, 0.15) is 24.5 Å². The summed E-state index contributed by atoms with van der Waals surface area (Å²) in [6, 6.07) is 14.2. The molecule has 0 unspecified atom stereocenters. The maximum absolute atomic E-state index is 12.6. The molecule has 3 aromatic rings. The zero-order chi connectivity index (χ0) is 19.5. The third kappa shape index (κ3) is 3.96. The number of carbonyl (C=O) groups is 1. The number of anilines is 1. The van der Waals surface area contributed by atoms with Crippen molar-refractivity contribution in [1.82, 2.24) is 9.88 Å². The van der Waals surface area contributed by atoms with Crippen molar-refractivity contribution in [2.24, 2.45) is 0 Å². The highest BCUT2D eigenvalue weighted by Crippen LogP contribution is 2.22. The Balaban J connectivity index is 1.31. The zero-order valence-electron chi connectivity index (χ0n) is 16.1. The van der Waals surface area contributed by atoms with Gasteiger partial charge in [-0.05, 0) is 36.1 Å². The van der Waals surface area contributed by atoms with E-state index in [0.29, 0.717) is 30.6 Å². The van der Waals surface area contributed by atoms with Crippen LogP contribution >= 0.6 is 0 Å². The molecule has 6 heteroatoms. The van der Waals surface area contributed by atoms with Crippen LogP contribution in [-0.4, -0.2) is 42.0 Å². The van der Waals surface area contributed by atoms with Crippen LogP contribution in [0.15, 0.2) is 51.7 Å². The van der Waals surface area contributed by atoms with Crippen LogP contribution < -0.4 is 10.7 Å². The first-order valence-corrected chi connectivity index (χ1v) is 9.86. The van der Waals surface area contributed by atoms with Gasteiger partial charge >= 0.3 is 5.76 Å². The molecular weight excluding hydrogens is 354 g/mol. The van der Waals surface area contributed by atoms with E-state index in [1.807, 2.05) is 23.1 Å². The number of nitrogens with zero attached hydrogens (tertiary/aromatic N) is 2. The van der Waals surface area contributed by atoms with Crippen molar-refractivity contribution < 1.29 is 9.21 Å². The van der Waals surface area contributed by atoms with Gasteiger partial charge in [0.1, 0.15) is 0 Å². The van der Waals surface area contributed by atoms with Gasteiger partial charge in [-0.2, -0.15) is 0 Å². The van der Waals surface area contributed by atoms with E-state index in [4.69, 9.17) is 4.42 Å². The lowest BCUT2D eigenvalue weighted by Gasteiger charge is -2.36. The number of H-pyrrole nitrogens is 1. The predicted molar refractivity (Wildman–Crippen MR) is 110 cm³/mol. The van der Waals surface area contributed by atoms with Gasteiger partial charge in [0.25, 0.3) is 0 Å². The second-order valence-electron chi connectivity index (χ2n) is 7.23. The Hall–Kier alpha value is -3.02. The fourth-order valence-corrected chi connectivity index (χ4v) is 3.70. The van der Waals surface area contributed by atoms with E-state index in [9.17, 15) is 9.59 Å². The number of aromatic amines is 1. The highest BCUT2D eigenvalue weighted by molar-refractivity contribution is 5.78. The molecular formula is C22H25N3O3. The van der Waals surface area contributed by atoms with Crippen molar-refractivity contribution in [3.05, 3.63) is 64.1 Å². The molecule has 28 heavy (non-hydrogen) atoms. The number of nitrogens with one attached hydrogen (secondary N) is 1. The fraction of sp³-hybridized carbons (Fsp3) is 0.364. The first-order chi connectivity index (χ1) is 13.6. The normalized spacial score (nSPS) is 14.6. The summed E-state index contributed by atoms with van der Waals surface area (Å²) in [5.41, 5.74) is 4.82. The van der Waals surface area contributed by atoms with E-state index in [2.05, 4.69) is 41.1 Å². The maximum atomic E-state index is 12.6. The van der Waals surface area contributed by atoms with Crippen LogP contribution in [0.2, 0.25) is 0 Å². The molecule has 146 valence electrons. The molecule has 6 nitrogen and oxygen atoms in total. The van der Waals surface area contributed by atoms with Gasteiger partial charge in [0, 0.05) is 44.4 Å². The molecule has 2 heterocycles. The number of aryl methyl sites for hydroxylation is 2. The number of hydrogen-bond acceptors (Lipinski definition) is 4. The van der Waals surface area contributed by atoms with Crippen LogP contribution in [-0.2, 0) is 17.6 Å². The zero-order valence-corrected chi connectivity index (χ0v) is 16.1. The summed E-state index contributed by atoms with van der Waals surface area (Å²) in [6.45, 7) is 5.12. The van der Waals surface area contributed by atoms with E-state index in [-0.39, 0.29) is 5.91 Å². The average molecular weight is 379 g/mol. The molecule has 1 aliphatic rings. The van der Waals surface area contributed by atoms with Gasteiger partial charge in [-0.15, -0.1) is 0 Å². The molecule has 1 saturated heterocycles. The summed E-state index contributed by atoms with van der Waals surface area (Å²) in [6.07, 6.45) is 2.37. The minimum Gasteiger partial charge on any atom is -0.408 e. The predicted octanol–water partition coefficient (Wildman–Crippen LogP) is 2.96. The number of carbonyl (C=O) groups excluding carboxylic acids is 1. The lowest BCUT2D eigenvalue weighted by molar-refractivity contribution is -0.131. The van der Waals surface area contributed by atoms with Crippen molar-refractivity contribution in [2.45, 2.75) is 26.2 Å². The Morgan fingerprint density at radius 3 is 2.46 bits per heavy atom. The molecule has 0 spiro atoms. The van der Waals surface area contributed by atoms with Crippen LogP contribution in [0.5, 0.6) is 0 Å². The average Bonchev–Trinajstić information content (AvgIpc) is 3.11. The smallest absolute Gasteiger partial charge is 0.408 e. The maximum Gasteiger partial charge on any atom is 0.417 e. The van der Waals surface area contributed by atoms with Gasteiger partial charge in [-0.3, -0.25) is 9.78 Å². The fourth-order valence-electron chi connectivity index (χ4n) is 3.70. The van der Waals surface area contributed by atoms with Gasteiger partial charge in [0.05, 0.1) is 5.52 Å². The SMILES string of the molecule is CCc1ccc(CCC(=O)N2CCN(c3ccc4[nH]c(=O)oc4c3)CC2)cc1. The van der Waals surface area contributed by atoms with Crippen molar-refractivity contribution in [1.29, 1.82) is 0 Å². The summed E-state index contributed by atoms with van der Waals surface area (Å²) in [4.78, 5) is 30.7. The van der Waals surface area contributed by atoms with Crippen LogP contribution in [0.25, 0.3) is 11.1 Å². The number of aromatic nitrogens is 1. The standard InChI is InChI=1S/C22H25N3O3/c1-2-16-3-5-17(6-4-16)7-10-21(26)25-13-11-24(12-14-25)18-8-9-19-20(15-18)28-22(27)23-19/h3-6,8-9,15H,2,7,10-14H2,1H3,(H,23,27). The monoisotopic (exact) mass is 379 g/mol. The molecule has 4 rings (SSSR count). The molecule has 1 aromatic heterocycles. The van der Waals surface area contributed by atoms with Gasteiger partial charge in [0.15, 0.2) is 5.58 Å². The van der Waals surface area contributed by atoms with E-state index in [0.717, 1.165) is 31.6 Å². The third-order valence-corrected chi connectivity index (χ3v) is 5.46. The van der Waals surface area contributed by atoms with Crippen molar-refractivity contribution in [3.8, 4) is 0 Å². The number of piperazine rings is 1. The summed E-state index contributed by atoms with van der Waals surface area (Å²) < 4.78 is 5.14. The summed E-state index contributed by atoms with van der Waals surface area (Å²) in [5.74, 6) is -0.224. The van der Waals surface area contributed by atoms with E-state index in [1.54, 1.807) is 0 Å². The van der Waals surface area contributed by atoms with Crippen molar-refractivity contribution in [3.63, 3.8) is 0 Å². The highest BCUT2D eigenvalue weighted by Gasteiger charge is 2.21. The third-order valence-electron chi connectivity index (χ3n) is 5.46. The topological polar surface area (TPSA) is 69.6 Å². The van der Waals surface area contributed by atoms with Gasteiger partial charge in [0.2, 0.25) is 5.91 Å². The highest BCUT2D eigenvalue weighted by atomic mass is 16.4. The van der Waals surface area contributed by atoms with Crippen LogP contribution in [0.4, 0.5) is 5.69 Å². The molecule has 0 radical (unpaired) electrons. The molecule has 0 saturated carbocycles. The van der Waals surface area contributed by atoms with Crippen molar-refractivity contribution in [2.75, 3.05) is 31.1 Å². The Morgan fingerprint density at radius 1 is 1.04 bits per heavy atom. The number of oxazole rings is 1. The molecule has 1 aliphatic heterocycles. The van der Waals surface area contributed by atoms with Crippen LogP contribution in [0.3, 0.4) is 0 Å². The minimum atomic E-state index is -0.438. The first-order valence-electron chi connectivity index (χ1n) is 9.86. The van der Waals surface area contributed by atoms with Gasteiger partial charge in [-0.25, -0.2) is 4.79 Å². The molecule has 1 fully saturated rings. The Labute approximate surface area is 163 Å². The number of hydrogen-bond donors (Lipinski definition) is 1. The van der Waals surface area contributed by atoms with Gasteiger partial charge in [-0.1, -0.05) is 31.2 Å². The first kappa shape index (κ1) is 18.3. The summed E-state index contributed by atoms with van der Waals surface area (Å²) >= 11 is 0. The Morgan fingerprint density at radius 2 is 1.75 bits per heavy atom. The molecule has 2 aromatic carbocycles. The van der Waals surface area contributed by atoms with E-state index in [1.165, 1.54) is 11.1 Å². The van der Waals surface area contributed by atoms with Crippen molar-refractivity contribution >= 4 is 22.7 Å². The Kier molecular flexibility index (Phi) is 5.19. The Bertz CT molecular complexity index is 1010. The molecule has 0 atom stereocenters. The van der Waals surface area contributed by atoms with Crippen LogP contribution in [0, 0.1) is 0 Å². The number of rotatable bonds is 5. The second kappa shape index (κ2) is 7.92. The lowest BCUT2D eigenvalue weighted by atomic mass is 10.1. The lowest BCUT2D eigenvalue weighted by Crippen LogP contribution is -2.48. The van der Waals surface area contributed by atoms with E-state index >= 15 is 0 Å².